The van der Waals surface area contributed by atoms with E-state index in [1.165, 1.54) is 7.11 Å². The average Bonchev–Trinajstić information content (AvgIpc) is 2.11. The largest absolute Gasteiger partial charge is 0.459 e. The molecule has 0 N–H and O–H groups in total. The molecule has 0 radical (unpaired) electrons. The Morgan fingerprint density at radius 3 is 2.29 bits per heavy atom. The molecule has 0 saturated carbocycles. The summed E-state index contributed by atoms with van der Waals surface area (Å²) in [5.41, 5.74) is 0. The van der Waals surface area contributed by atoms with Crippen LogP contribution in [0.5, 0.6) is 0 Å². The molecule has 7 heteroatoms. The summed E-state index contributed by atoms with van der Waals surface area (Å²) in [5, 5.41) is 0. The summed E-state index contributed by atoms with van der Waals surface area (Å²) in [5.74, 6) is -2.90. The van der Waals surface area contributed by atoms with Crippen molar-refractivity contribution in [2.45, 2.75) is 6.11 Å². The van der Waals surface area contributed by atoms with Gasteiger partial charge < -0.3 is 9.47 Å². The molecule has 82 valence electrons. The fourth-order valence-electron chi connectivity index (χ4n) is 0.431. The molecule has 0 aliphatic rings. The smallest absolute Gasteiger partial charge is 0.435 e. The third-order valence-electron chi connectivity index (χ3n) is 0.997. The Hall–Kier alpha value is -1.11. The first-order chi connectivity index (χ1) is 6.41. The number of hydrogen-bond donors (Lipinski definition) is 0. The monoisotopic (exact) mass is 218 g/mol. The lowest BCUT2D eigenvalue weighted by Crippen LogP contribution is -2.19. The zero-order valence-electron chi connectivity index (χ0n) is 7.07. The van der Waals surface area contributed by atoms with Crippen LogP contribution in [-0.4, -0.2) is 19.8 Å². The van der Waals surface area contributed by atoms with Crippen molar-refractivity contribution in [1.82, 2.24) is 0 Å². The van der Waals surface area contributed by atoms with Crippen molar-refractivity contribution in [3.05, 3.63) is 24.2 Å². The molecule has 14 heavy (non-hydrogen) atoms. The summed E-state index contributed by atoms with van der Waals surface area (Å²) in [6.45, 7) is -0.0560. The number of halogens is 5. The van der Waals surface area contributed by atoms with E-state index in [0.717, 1.165) is 6.08 Å². The van der Waals surface area contributed by atoms with E-state index >= 15 is 0 Å². The first-order valence-corrected chi connectivity index (χ1v) is 3.32. The Morgan fingerprint density at radius 1 is 1.29 bits per heavy atom. The van der Waals surface area contributed by atoms with E-state index in [1.807, 2.05) is 0 Å². The fourth-order valence-corrected chi connectivity index (χ4v) is 0.431. The maximum Gasteiger partial charge on any atom is 0.459 e. The second-order valence-electron chi connectivity index (χ2n) is 2.04. The molecule has 2 nitrogen and oxygen atoms in total. The number of ether oxygens (including phenoxy) is 2. The van der Waals surface area contributed by atoms with Gasteiger partial charge in [-0.3, -0.25) is 0 Å². The molecule has 0 amide bonds. The molecule has 0 saturated heterocycles. The lowest BCUT2D eigenvalue weighted by Gasteiger charge is -2.11. The van der Waals surface area contributed by atoms with E-state index in [1.54, 1.807) is 0 Å². The molecule has 0 heterocycles. The van der Waals surface area contributed by atoms with Crippen LogP contribution in [0.15, 0.2) is 24.2 Å². The Bertz CT molecular complexity index is 232. The van der Waals surface area contributed by atoms with Crippen LogP contribution in [0, 0.1) is 0 Å². The molecule has 0 aliphatic heterocycles. The van der Waals surface area contributed by atoms with Crippen molar-refractivity contribution in [3.8, 4) is 0 Å². The molecule has 0 bridgehead atoms. The molecule has 0 atom stereocenters. The zero-order chi connectivity index (χ0) is 11.2. The summed E-state index contributed by atoms with van der Waals surface area (Å²) < 4.78 is 67.2. The van der Waals surface area contributed by atoms with E-state index in [9.17, 15) is 22.0 Å². The van der Waals surface area contributed by atoms with Crippen LogP contribution in [0.3, 0.4) is 0 Å². The van der Waals surface area contributed by atoms with Crippen molar-refractivity contribution in [2.75, 3.05) is 13.7 Å². The van der Waals surface area contributed by atoms with Crippen molar-refractivity contribution in [1.29, 1.82) is 0 Å². The molecule has 0 aromatic rings. The van der Waals surface area contributed by atoms with E-state index in [-0.39, 0.29) is 6.61 Å². The van der Waals surface area contributed by atoms with Gasteiger partial charge in [0.25, 0.3) is 5.83 Å². The Kier molecular flexibility index (Phi) is 5.14. The van der Waals surface area contributed by atoms with Gasteiger partial charge in [-0.1, -0.05) is 0 Å². The van der Waals surface area contributed by atoms with Crippen molar-refractivity contribution >= 4 is 0 Å². The molecule has 0 rings (SSSR count). The van der Waals surface area contributed by atoms with Gasteiger partial charge in [0, 0.05) is 7.11 Å². The quantitative estimate of drug-likeness (QED) is 0.521. The van der Waals surface area contributed by atoms with Gasteiger partial charge in [-0.15, -0.1) is 0 Å². The van der Waals surface area contributed by atoms with Gasteiger partial charge in [-0.2, -0.15) is 22.0 Å². The molecule has 0 aromatic heterocycles. The second kappa shape index (κ2) is 5.58. The number of hydrogen-bond acceptors (Lipinski definition) is 2. The average molecular weight is 218 g/mol. The highest BCUT2D eigenvalue weighted by molar-refractivity contribution is 5.00. The normalized spacial score (nSPS) is 11.9. The highest BCUT2D eigenvalue weighted by Gasteiger charge is 2.41. The molecule has 0 spiro atoms. The van der Waals surface area contributed by atoms with E-state index < -0.39 is 18.0 Å². The van der Waals surface area contributed by atoms with Crippen LogP contribution >= 0.6 is 0 Å². The third-order valence-corrected chi connectivity index (χ3v) is 0.997. The third kappa shape index (κ3) is 4.22. The summed E-state index contributed by atoms with van der Waals surface area (Å²) in [6.07, 6.45) is -6.41. The summed E-state index contributed by atoms with van der Waals surface area (Å²) >= 11 is 0. The van der Waals surface area contributed by atoms with E-state index in [4.69, 9.17) is 0 Å². The Balaban J connectivity index is 4.28. The van der Waals surface area contributed by atoms with Gasteiger partial charge in [0.15, 0.2) is 0 Å². The van der Waals surface area contributed by atoms with Crippen LogP contribution in [0.4, 0.5) is 22.0 Å². The summed E-state index contributed by atoms with van der Waals surface area (Å²) in [7, 11) is 1.28. The van der Waals surface area contributed by atoms with Gasteiger partial charge in [0.1, 0.15) is 0 Å². The Labute approximate surface area is 76.6 Å². The van der Waals surface area contributed by atoms with Gasteiger partial charge in [0.2, 0.25) is 0 Å². The first kappa shape index (κ1) is 12.9. The summed E-state index contributed by atoms with van der Waals surface area (Å²) in [6, 6.07) is 0. The predicted octanol–water partition coefficient (Wildman–Crippen LogP) is 2.83. The van der Waals surface area contributed by atoms with Gasteiger partial charge in [0.05, 0.1) is 12.9 Å². The molecule has 0 aliphatic carbocycles. The Morgan fingerprint density at radius 2 is 1.86 bits per heavy atom. The minimum absolute atomic E-state index is 0.0560. The molecule has 0 fully saturated rings. The number of rotatable bonds is 5. The molecular formula is C7H7F5O2. The van der Waals surface area contributed by atoms with Crippen molar-refractivity contribution < 1.29 is 31.4 Å². The predicted molar refractivity (Wildman–Crippen MR) is 37.4 cm³/mol. The van der Waals surface area contributed by atoms with Crippen molar-refractivity contribution in [3.63, 3.8) is 0 Å². The minimum atomic E-state index is -4.65. The van der Waals surface area contributed by atoms with Crippen LogP contribution in [0.1, 0.15) is 0 Å². The highest BCUT2D eigenvalue weighted by atomic mass is 19.3. The topological polar surface area (TPSA) is 18.5 Å². The van der Waals surface area contributed by atoms with Crippen molar-refractivity contribution in [2.24, 2.45) is 0 Å². The summed E-state index contributed by atoms with van der Waals surface area (Å²) in [4.78, 5) is 0. The van der Waals surface area contributed by atoms with Crippen LogP contribution in [0.25, 0.3) is 0 Å². The lowest BCUT2D eigenvalue weighted by atomic mass is 10.5. The second-order valence-corrected chi connectivity index (χ2v) is 2.04. The van der Waals surface area contributed by atoms with Gasteiger partial charge in [-0.05, 0) is 6.08 Å². The first-order valence-electron chi connectivity index (χ1n) is 3.32. The van der Waals surface area contributed by atoms with Crippen LogP contribution < -0.4 is 0 Å². The van der Waals surface area contributed by atoms with E-state index in [2.05, 4.69) is 9.47 Å². The van der Waals surface area contributed by atoms with Gasteiger partial charge in [-0.25, -0.2) is 0 Å². The maximum atomic E-state index is 12.3. The minimum Gasteiger partial charge on any atom is -0.435 e. The fraction of sp³-hybridized carbons (Fsp3) is 0.429. The SMILES string of the molecule is COC/C=C/OC(F)(F)C(F)=C(F)F. The molecule has 0 unspecified atom stereocenters. The standard InChI is InChI=1S/C7H7F5O2/c1-13-3-2-4-14-7(11,12)5(8)6(9)10/h2,4H,3H2,1H3/b4-2+. The van der Waals surface area contributed by atoms with Gasteiger partial charge >= 0.3 is 12.2 Å². The zero-order valence-corrected chi connectivity index (χ0v) is 7.07. The molecular weight excluding hydrogens is 211 g/mol. The maximum absolute atomic E-state index is 12.3. The van der Waals surface area contributed by atoms with E-state index in [0.29, 0.717) is 6.26 Å². The molecule has 0 aromatic carbocycles. The van der Waals surface area contributed by atoms with Crippen LogP contribution in [0.2, 0.25) is 0 Å². The number of alkyl halides is 2. The number of methoxy groups -OCH3 is 1. The lowest BCUT2D eigenvalue weighted by molar-refractivity contribution is -0.188. The van der Waals surface area contributed by atoms with Crippen LogP contribution in [-0.2, 0) is 9.47 Å². The highest BCUT2D eigenvalue weighted by Crippen LogP contribution is 2.30.